The van der Waals surface area contributed by atoms with E-state index in [1.165, 1.54) is 24.4 Å². The standard InChI is InChI=1S/C17H17N3O5/c1-2-24-16-9-4-3-8-15(16)19-17(21)12-25-18-11-13-6-5-7-14(10-13)20(22)23/h3-11H,2,12H2,1H3,(H,19,21)/b18-11-. The van der Waals surface area contributed by atoms with Gasteiger partial charge in [0.15, 0.2) is 6.61 Å². The maximum absolute atomic E-state index is 11.9. The maximum Gasteiger partial charge on any atom is 0.270 e. The van der Waals surface area contributed by atoms with Gasteiger partial charge in [-0.15, -0.1) is 0 Å². The second-order valence-corrected chi connectivity index (χ2v) is 4.84. The number of nitrogens with zero attached hydrogens (tertiary/aromatic N) is 2. The summed E-state index contributed by atoms with van der Waals surface area (Å²) >= 11 is 0. The van der Waals surface area contributed by atoms with E-state index >= 15 is 0 Å². The monoisotopic (exact) mass is 343 g/mol. The zero-order valence-corrected chi connectivity index (χ0v) is 13.5. The Morgan fingerprint density at radius 3 is 2.84 bits per heavy atom. The Morgan fingerprint density at radius 2 is 2.08 bits per heavy atom. The number of anilines is 1. The summed E-state index contributed by atoms with van der Waals surface area (Å²) in [6.45, 7) is 2.03. The first-order valence-corrected chi connectivity index (χ1v) is 7.51. The molecule has 0 saturated carbocycles. The van der Waals surface area contributed by atoms with Crippen molar-refractivity contribution in [2.45, 2.75) is 6.92 Å². The number of nitrogens with one attached hydrogen (secondary N) is 1. The Balaban J connectivity index is 1.86. The number of benzene rings is 2. The number of carbonyl (C=O) groups excluding carboxylic acids is 1. The average Bonchev–Trinajstić information content (AvgIpc) is 2.61. The van der Waals surface area contributed by atoms with Crippen molar-refractivity contribution in [3.8, 4) is 5.75 Å². The number of oxime groups is 1. The van der Waals surface area contributed by atoms with E-state index in [-0.39, 0.29) is 12.3 Å². The summed E-state index contributed by atoms with van der Waals surface area (Å²) < 4.78 is 5.41. The van der Waals surface area contributed by atoms with Gasteiger partial charge < -0.3 is 14.9 Å². The fraction of sp³-hybridized carbons (Fsp3) is 0.176. The highest BCUT2D eigenvalue weighted by atomic mass is 16.6. The van der Waals surface area contributed by atoms with Gasteiger partial charge in [0.05, 0.1) is 23.4 Å². The van der Waals surface area contributed by atoms with Crippen LogP contribution in [0.15, 0.2) is 53.7 Å². The highest BCUT2D eigenvalue weighted by Gasteiger charge is 2.08. The number of para-hydroxylation sites is 2. The molecular weight excluding hydrogens is 326 g/mol. The smallest absolute Gasteiger partial charge is 0.270 e. The van der Waals surface area contributed by atoms with Gasteiger partial charge in [0, 0.05) is 17.7 Å². The molecular formula is C17H17N3O5. The lowest BCUT2D eigenvalue weighted by atomic mass is 10.2. The fourth-order valence-corrected chi connectivity index (χ4v) is 1.95. The van der Waals surface area contributed by atoms with Gasteiger partial charge in [-0.1, -0.05) is 29.4 Å². The van der Waals surface area contributed by atoms with Crippen LogP contribution in [0.1, 0.15) is 12.5 Å². The van der Waals surface area contributed by atoms with E-state index in [4.69, 9.17) is 9.57 Å². The van der Waals surface area contributed by atoms with Crippen LogP contribution in [-0.4, -0.2) is 30.3 Å². The summed E-state index contributed by atoms with van der Waals surface area (Å²) in [7, 11) is 0. The van der Waals surface area contributed by atoms with Crippen LogP contribution < -0.4 is 10.1 Å². The third kappa shape index (κ3) is 5.61. The van der Waals surface area contributed by atoms with E-state index in [1.807, 2.05) is 6.92 Å². The summed E-state index contributed by atoms with van der Waals surface area (Å²) in [4.78, 5) is 27.0. The molecule has 0 aromatic heterocycles. The Kier molecular flexibility index (Phi) is 6.47. The molecule has 2 aromatic rings. The number of non-ortho nitro benzene ring substituents is 1. The highest BCUT2D eigenvalue weighted by molar-refractivity contribution is 5.93. The van der Waals surface area contributed by atoms with Gasteiger partial charge in [-0.2, -0.15) is 0 Å². The quantitative estimate of drug-likeness (QED) is 0.451. The molecule has 130 valence electrons. The summed E-state index contributed by atoms with van der Waals surface area (Å²) in [5.74, 6) is 0.168. The van der Waals surface area contributed by atoms with Crippen molar-refractivity contribution in [3.05, 3.63) is 64.2 Å². The minimum absolute atomic E-state index is 0.0470. The van der Waals surface area contributed by atoms with Gasteiger partial charge in [0.25, 0.3) is 11.6 Å². The van der Waals surface area contributed by atoms with E-state index in [0.717, 1.165) is 0 Å². The lowest BCUT2D eigenvalue weighted by molar-refractivity contribution is -0.384. The zero-order valence-electron chi connectivity index (χ0n) is 13.5. The van der Waals surface area contributed by atoms with E-state index in [1.54, 1.807) is 30.3 Å². The van der Waals surface area contributed by atoms with E-state index in [0.29, 0.717) is 23.6 Å². The summed E-state index contributed by atoms with van der Waals surface area (Å²) in [5.41, 5.74) is 0.992. The molecule has 0 fully saturated rings. The van der Waals surface area contributed by atoms with Crippen LogP contribution in [0.4, 0.5) is 11.4 Å². The molecule has 0 heterocycles. The number of hydrogen-bond acceptors (Lipinski definition) is 6. The minimum Gasteiger partial charge on any atom is -0.492 e. The second kappa shape index (κ2) is 9.02. The Hall–Kier alpha value is -3.42. The highest BCUT2D eigenvalue weighted by Crippen LogP contribution is 2.23. The largest absolute Gasteiger partial charge is 0.492 e. The average molecular weight is 343 g/mol. The van der Waals surface area contributed by atoms with Crippen LogP contribution >= 0.6 is 0 Å². The molecule has 2 aromatic carbocycles. The predicted molar refractivity (Wildman–Crippen MR) is 92.9 cm³/mol. The van der Waals surface area contributed by atoms with Crippen molar-refractivity contribution >= 4 is 23.5 Å². The molecule has 0 aliphatic heterocycles. The van der Waals surface area contributed by atoms with Gasteiger partial charge in [0.2, 0.25) is 0 Å². The number of nitro groups is 1. The van der Waals surface area contributed by atoms with Crippen LogP contribution in [0.5, 0.6) is 5.75 Å². The van der Waals surface area contributed by atoms with E-state index < -0.39 is 10.8 Å². The minimum atomic E-state index is -0.499. The third-order valence-corrected chi connectivity index (χ3v) is 3.01. The number of nitro benzene ring substituents is 1. The molecule has 0 spiro atoms. The fourth-order valence-electron chi connectivity index (χ4n) is 1.95. The lowest BCUT2D eigenvalue weighted by Crippen LogP contribution is -2.17. The van der Waals surface area contributed by atoms with Crippen molar-refractivity contribution < 1.29 is 19.3 Å². The van der Waals surface area contributed by atoms with Crippen molar-refractivity contribution in [2.75, 3.05) is 18.5 Å². The normalized spacial score (nSPS) is 10.4. The molecule has 1 amide bonds. The number of ether oxygens (including phenoxy) is 1. The Bertz CT molecular complexity index is 776. The molecule has 8 nitrogen and oxygen atoms in total. The van der Waals surface area contributed by atoms with Crippen LogP contribution in [-0.2, 0) is 9.63 Å². The van der Waals surface area contributed by atoms with E-state index in [9.17, 15) is 14.9 Å². The number of hydrogen-bond donors (Lipinski definition) is 1. The molecule has 0 atom stereocenters. The van der Waals surface area contributed by atoms with Gasteiger partial charge in [-0.05, 0) is 19.1 Å². The van der Waals surface area contributed by atoms with Gasteiger partial charge >= 0.3 is 0 Å². The molecule has 0 radical (unpaired) electrons. The third-order valence-electron chi connectivity index (χ3n) is 3.01. The van der Waals surface area contributed by atoms with Crippen LogP contribution in [0.25, 0.3) is 0 Å². The first kappa shape index (κ1) is 17.9. The summed E-state index contributed by atoms with van der Waals surface area (Å²) in [6, 6.07) is 13.0. The number of amides is 1. The lowest BCUT2D eigenvalue weighted by Gasteiger charge is -2.10. The maximum atomic E-state index is 11.9. The zero-order chi connectivity index (χ0) is 18.1. The number of carbonyl (C=O) groups is 1. The molecule has 0 bridgehead atoms. The molecule has 0 unspecified atom stereocenters. The second-order valence-electron chi connectivity index (χ2n) is 4.84. The first-order valence-electron chi connectivity index (χ1n) is 7.51. The van der Waals surface area contributed by atoms with Crippen LogP contribution in [0.2, 0.25) is 0 Å². The molecule has 0 saturated heterocycles. The van der Waals surface area contributed by atoms with E-state index in [2.05, 4.69) is 10.5 Å². The summed E-state index contributed by atoms with van der Waals surface area (Å²) in [6.07, 6.45) is 1.30. The SMILES string of the molecule is CCOc1ccccc1NC(=O)CO/N=C\c1cccc([N+](=O)[O-])c1. The Labute approximate surface area is 144 Å². The Morgan fingerprint density at radius 1 is 1.28 bits per heavy atom. The topological polar surface area (TPSA) is 103 Å². The molecule has 0 aliphatic rings. The van der Waals surface area contributed by atoms with Gasteiger partial charge in [0.1, 0.15) is 5.75 Å². The predicted octanol–water partition coefficient (Wildman–Crippen LogP) is 2.98. The molecule has 0 aliphatic carbocycles. The van der Waals surface area contributed by atoms with Crippen molar-refractivity contribution in [1.29, 1.82) is 0 Å². The number of rotatable bonds is 8. The van der Waals surface area contributed by atoms with Crippen LogP contribution in [0, 0.1) is 10.1 Å². The first-order chi connectivity index (χ1) is 12.1. The molecule has 2 rings (SSSR count). The van der Waals surface area contributed by atoms with Gasteiger partial charge in [-0.25, -0.2) is 0 Å². The van der Waals surface area contributed by atoms with Crippen molar-refractivity contribution in [2.24, 2.45) is 5.16 Å². The van der Waals surface area contributed by atoms with Crippen LogP contribution in [0.3, 0.4) is 0 Å². The molecule has 8 heteroatoms. The van der Waals surface area contributed by atoms with Gasteiger partial charge in [-0.3, -0.25) is 14.9 Å². The van der Waals surface area contributed by atoms with Crippen molar-refractivity contribution in [3.63, 3.8) is 0 Å². The summed E-state index contributed by atoms with van der Waals surface area (Å²) in [5, 5.41) is 17.0. The van der Waals surface area contributed by atoms with Crippen molar-refractivity contribution in [1.82, 2.24) is 0 Å². The molecule has 1 N–H and O–H groups in total. The molecule has 25 heavy (non-hydrogen) atoms.